The van der Waals surface area contributed by atoms with Crippen molar-refractivity contribution < 1.29 is 32.9 Å². The predicted molar refractivity (Wildman–Crippen MR) is 193 cm³/mol. The SMILES string of the molecule is C/C=C/CC/C=C/CC/C=C/C(O)C(COP(=O)(O)OCC[N+](C)(C)C)NC(=O)C/C=C\C/C=C\C/C=C\C/C=C\C/C=C\CC. The Hall–Kier alpha value is -2.58. The van der Waals surface area contributed by atoms with E-state index in [-0.39, 0.29) is 25.5 Å². The third-order valence-corrected chi connectivity index (χ3v) is 7.37. The lowest BCUT2D eigenvalue weighted by Crippen LogP contribution is -2.45. The second-order valence-electron chi connectivity index (χ2n) is 11.8. The fourth-order valence-corrected chi connectivity index (χ4v) is 4.47. The van der Waals surface area contributed by atoms with Crippen LogP contribution in [0, 0.1) is 0 Å². The number of carbonyl (C=O) groups excluding carboxylic acids is 1. The topological polar surface area (TPSA) is 105 Å². The Morgan fingerprint density at radius 2 is 1.26 bits per heavy atom. The summed E-state index contributed by atoms with van der Waals surface area (Å²) in [5, 5.41) is 13.5. The maximum absolute atomic E-state index is 12.7. The van der Waals surface area contributed by atoms with E-state index in [4.69, 9.17) is 9.05 Å². The maximum atomic E-state index is 12.7. The molecule has 0 aromatic carbocycles. The molecule has 0 fully saturated rings. The lowest BCUT2D eigenvalue weighted by molar-refractivity contribution is -0.870. The van der Waals surface area contributed by atoms with E-state index in [0.717, 1.165) is 44.9 Å². The summed E-state index contributed by atoms with van der Waals surface area (Å²) in [5.41, 5.74) is 0. The number of allylic oxidation sites excluding steroid dienone is 14. The molecule has 0 rings (SSSR count). The van der Waals surface area contributed by atoms with E-state index in [1.165, 1.54) is 0 Å². The van der Waals surface area contributed by atoms with Gasteiger partial charge in [-0.25, -0.2) is 4.57 Å². The van der Waals surface area contributed by atoms with Crippen LogP contribution in [0.2, 0.25) is 0 Å². The molecule has 0 aliphatic carbocycles. The number of hydrogen-bond donors (Lipinski definition) is 3. The standard InChI is InChI=1S/C37H61N2O6P/c1-6-8-10-12-14-16-17-18-19-20-21-23-25-27-29-31-37(41)38-35(34-45-46(42,43)44-33-32-39(3,4)5)36(40)30-28-26-24-22-15-13-11-9-7-2/h7-10,14-16,18-19,21-23,27-30,35-36,40H,6,11-13,17,20,24-26,31-34H2,1-5H3,(H-,38,41,42,43)/p+1/b9-7+,10-8-,16-14-,19-18-,22-15+,23-21-,29-27-,30-28+. The zero-order valence-electron chi connectivity index (χ0n) is 29.0. The van der Waals surface area contributed by atoms with Gasteiger partial charge in [0.15, 0.2) is 0 Å². The van der Waals surface area contributed by atoms with Crippen LogP contribution in [-0.2, 0) is 18.4 Å². The molecule has 0 saturated carbocycles. The van der Waals surface area contributed by atoms with Crippen LogP contribution in [0.3, 0.4) is 0 Å². The first-order valence-corrected chi connectivity index (χ1v) is 18.1. The summed E-state index contributed by atoms with van der Waals surface area (Å²) >= 11 is 0. The van der Waals surface area contributed by atoms with Gasteiger partial charge in [0.2, 0.25) is 5.91 Å². The molecule has 46 heavy (non-hydrogen) atoms. The summed E-state index contributed by atoms with van der Waals surface area (Å²) in [6.45, 7) is 4.29. The number of unbranched alkanes of at least 4 members (excludes halogenated alkanes) is 2. The summed E-state index contributed by atoms with van der Waals surface area (Å²) in [6, 6.07) is -0.926. The smallest absolute Gasteiger partial charge is 0.387 e. The number of aliphatic hydroxyl groups is 1. The number of phosphoric acid groups is 1. The summed E-state index contributed by atoms with van der Waals surface area (Å²) in [7, 11) is 1.46. The molecular weight excluding hydrogens is 599 g/mol. The van der Waals surface area contributed by atoms with E-state index in [1.54, 1.807) is 12.2 Å². The minimum atomic E-state index is -4.36. The highest BCUT2D eigenvalue weighted by molar-refractivity contribution is 7.47. The van der Waals surface area contributed by atoms with Crippen LogP contribution in [-0.4, -0.2) is 73.4 Å². The fourth-order valence-electron chi connectivity index (χ4n) is 3.73. The van der Waals surface area contributed by atoms with Crippen LogP contribution in [0.25, 0.3) is 0 Å². The molecule has 0 spiro atoms. The number of nitrogens with zero attached hydrogens (tertiary/aromatic N) is 1. The van der Waals surface area contributed by atoms with Gasteiger partial charge in [-0.1, -0.05) is 104 Å². The number of likely N-dealkylation sites (N-methyl/N-ethyl adjacent to an activating group) is 1. The maximum Gasteiger partial charge on any atom is 0.472 e. The minimum absolute atomic E-state index is 0.0308. The molecule has 3 unspecified atom stereocenters. The van der Waals surface area contributed by atoms with Crippen LogP contribution in [0.4, 0.5) is 0 Å². The molecule has 0 aliphatic rings. The number of nitrogens with one attached hydrogen (secondary N) is 1. The zero-order valence-corrected chi connectivity index (χ0v) is 29.9. The molecule has 260 valence electrons. The van der Waals surface area contributed by atoms with E-state index >= 15 is 0 Å². The van der Waals surface area contributed by atoms with Gasteiger partial charge < -0.3 is 19.8 Å². The second-order valence-corrected chi connectivity index (χ2v) is 13.3. The van der Waals surface area contributed by atoms with Crippen LogP contribution in [0.5, 0.6) is 0 Å². The highest BCUT2D eigenvalue weighted by atomic mass is 31.2. The van der Waals surface area contributed by atoms with E-state index in [9.17, 15) is 19.4 Å². The lowest BCUT2D eigenvalue weighted by atomic mass is 10.1. The van der Waals surface area contributed by atoms with Gasteiger partial charge in [-0.3, -0.25) is 13.8 Å². The molecule has 0 aromatic heterocycles. The third kappa shape index (κ3) is 30.1. The molecule has 0 heterocycles. The van der Waals surface area contributed by atoms with Crippen LogP contribution < -0.4 is 5.32 Å². The van der Waals surface area contributed by atoms with Gasteiger partial charge in [0.1, 0.15) is 13.2 Å². The van der Waals surface area contributed by atoms with Crippen LogP contribution in [0.15, 0.2) is 97.2 Å². The molecule has 0 saturated heterocycles. The number of hydrogen-bond acceptors (Lipinski definition) is 5. The molecule has 3 atom stereocenters. The first kappa shape index (κ1) is 43.4. The number of amides is 1. The van der Waals surface area contributed by atoms with E-state index in [1.807, 2.05) is 52.4 Å². The Kier molecular flexibility index (Phi) is 27.0. The van der Waals surface area contributed by atoms with Crippen molar-refractivity contribution >= 4 is 13.7 Å². The first-order valence-electron chi connectivity index (χ1n) is 16.6. The average molecular weight is 662 g/mol. The molecule has 0 aliphatic heterocycles. The van der Waals surface area contributed by atoms with Gasteiger partial charge in [-0.05, 0) is 64.7 Å². The van der Waals surface area contributed by atoms with Crippen LogP contribution >= 0.6 is 7.82 Å². The quantitative estimate of drug-likeness (QED) is 0.0356. The van der Waals surface area contributed by atoms with E-state index < -0.39 is 20.0 Å². The molecule has 0 bridgehead atoms. The number of rotatable bonds is 27. The van der Waals surface area contributed by atoms with Crippen molar-refractivity contribution in [3.05, 3.63) is 97.2 Å². The van der Waals surface area contributed by atoms with Crippen molar-refractivity contribution in [3.63, 3.8) is 0 Å². The van der Waals surface area contributed by atoms with Gasteiger partial charge >= 0.3 is 7.82 Å². The molecule has 9 heteroatoms. The number of quaternary nitrogens is 1. The third-order valence-electron chi connectivity index (χ3n) is 6.39. The molecular formula is C37H62N2O6P+. The van der Waals surface area contributed by atoms with Gasteiger partial charge in [0.05, 0.1) is 39.9 Å². The normalized spacial score (nSPS) is 16.1. The van der Waals surface area contributed by atoms with Crippen molar-refractivity contribution in [1.29, 1.82) is 0 Å². The van der Waals surface area contributed by atoms with Crippen molar-refractivity contribution in [2.75, 3.05) is 40.9 Å². The van der Waals surface area contributed by atoms with E-state index in [2.05, 4.69) is 73.0 Å². The van der Waals surface area contributed by atoms with Gasteiger partial charge in [0.25, 0.3) is 0 Å². The molecule has 8 nitrogen and oxygen atoms in total. The predicted octanol–water partition coefficient (Wildman–Crippen LogP) is 8.06. The molecule has 0 radical (unpaired) electrons. The molecule has 0 aromatic rings. The monoisotopic (exact) mass is 661 g/mol. The summed E-state index contributed by atoms with van der Waals surface area (Å²) in [5.74, 6) is -0.328. The lowest BCUT2D eigenvalue weighted by Gasteiger charge is -2.25. The first-order chi connectivity index (χ1) is 22.0. The van der Waals surface area contributed by atoms with Gasteiger partial charge in [-0.2, -0.15) is 0 Å². The Bertz CT molecular complexity index is 1070. The Morgan fingerprint density at radius 1 is 0.761 bits per heavy atom. The Balaban J connectivity index is 4.83. The fraction of sp³-hybridized carbons (Fsp3) is 0.541. The number of aliphatic hydroxyl groups excluding tert-OH is 1. The average Bonchev–Trinajstić information content (AvgIpc) is 2.99. The van der Waals surface area contributed by atoms with Crippen molar-refractivity contribution in [2.45, 2.75) is 90.2 Å². The van der Waals surface area contributed by atoms with E-state index in [0.29, 0.717) is 23.9 Å². The summed E-state index contributed by atoms with van der Waals surface area (Å²) in [6.07, 6.45) is 39.6. The number of phosphoric ester groups is 1. The minimum Gasteiger partial charge on any atom is -0.387 e. The van der Waals surface area contributed by atoms with Crippen LogP contribution in [0.1, 0.15) is 78.1 Å². The van der Waals surface area contributed by atoms with Crippen molar-refractivity contribution in [2.24, 2.45) is 0 Å². The largest absolute Gasteiger partial charge is 0.472 e. The molecule has 1 amide bonds. The van der Waals surface area contributed by atoms with Gasteiger partial charge in [-0.15, -0.1) is 0 Å². The summed E-state index contributed by atoms with van der Waals surface area (Å²) < 4.78 is 23.2. The van der Waals surface area contributed by atoms with Crippen molar-refractivity contribution in [3.8, 4) is 0 Å². The highest BCUT2D eigenvalue weighted by Crippen LogP contribution is 2.43. The number of carbonyl (C=O) groups is 1. The summed E-state index contributed by atoms with van der Waals surface area (Å²) in [4.78, 5) is 22.8. The Morgan fingerprint density at radius 3 is 1.78 bits per heavy atom. The highest BCUT2D eigenvalue weighted by Gasteiger charge is 2.27. The Labute approximate surface area is 279 Å². The zero-order chi connectivity index (χ0) is 34.4. The van der Waals surface area contributed by atoms with Crippen molar-refractivity contribution in [1.82, 2.24) is 5.32 Å². The molecule has 3 N–H and O–H groups in total. The second kappa shape index (κ2) is 28.6. The van der Waals surface area contributed by atoms with Gasteiger partial charge in [0, 0.05) is 6.42 Å².